The summed E-state index contributed by atoms with van der Waals surface area (Å²) in [6.45, 7) is 2.28. The van der Waals surface area contributed by atoms with Crippen molar-refractivity contribution in [3.8, 4) is 0 Å². The molecule has 1 unspecified atom stereocenters. The summed E-state index contributed by atoms with van der Waals surface area (Å²) in [7, 11) is 0. The number of hydrogen-bond donors (Lipinski definition) is 1. The van der Waals surface area contributed by atoms with Crippen LogP contribution in [0.2, 0.25) is 0 Å². The van der Waals surface area contributed by atoms with Crippen LogP contribution < -0.4 is 5.32 Å². The average Bonchev–Trinajstić information content (AvgIpc) is 3.82. The third-order valence-corrected chi connectivity index (χ3v) is 9.20. The van der Waals surface area contributed by atoms with Crippen LogP contribution in [0.1, 0.15) is 49.3 Å². The maximum Gasteiger partial charge on any atom is 0.0460 e. The Bertz CT molecular complexity index is 1770. The molecule has 0 amide bonds. The lowest BCUT2D eigenvalue weighted by Crippen LogP contribution is -2.32. The van der Waals surface area contributed by atoms with Crippen molar-refractivity contribution in [2.75, 3.05) is 5.32 Å². The molecule has 0 fully saturated rings. The fourth-order valence-electron chi connectivity index (χ4n) is 7.12. The molecule has 0 spiro atoms. The molecule has 1 N–H and O–H groups in total. The summed E-state index contributed by atoms with van der Waals surface area (Å²) in [5.41, 5.74) is 14.6. The lowest BCUT2D eigenvalue weighted by Gasteiger charge is -2.40. The first-order valence-electron chi connectivity index (χ1n) is 15.2. The molecule has 0 bridgehead atoms. The van der Waals surface area contributed by atoms with E-state index in [0.717, 1.165) is 43.5 Å². The van der Waals surface area contributed by atoms with E-state index in [1.807, 2.05) is 0 Å². The molecule has 0 aliphatic heterocycles. The zero-order chi connectivity index (χ0) is 28.4. The summed E-state index contributed by atoms with van der Waals surface area (Å²) >= 11 is 0. The molecule has 1 atom stereocenters. The molecule has 3 aromatic carbocycles. The maximum absolute atomic E-state index is 3.82. The van der Waals surface area contributed by atoms with Gasteiger partial charge in [0.25, 0.3) is 0 Å². The summed E-state index contributed by atoms with van der Waals surface area (Å²) in [5.74, 6) is 0. The quantitative estimate of drug-likeness (QED) is 0.312. The fraction of sp³-hybridized carbons (Fsp3) is 0.171. The summed E-state index contributed by atoms with van der Waals surface area (Å²) < 4.78 is 0. The van der Waals surface area contributed by atoms with Gasteiger partial charge >= 0.3 is 0 Å². The van der Waals surface area contributed by atoms with E-state index in [4.69, 9.17) is 0 Å². The molecule has 4 aliphatic rings. The second kappa shape index (κ2) is 11.3. The SMILES string of the molecule is C/C1=C\C=C(\c2ccccc2Nc2cccc(CC3=CC=CC3)c2)CC(C2=CC=CC2)(c2ccccc2)C2=C1CC=C2. The molecule has 7 rings (SSSR count). The fourth-order valence-corrected chi connectivity index (χ4v) is 7.12. The Morgan fingerprint density at radius 1 is 0.738 bits per heavy atom. The molecular weight excluding hydrogens is 506 g/mol. The van der Waals surface area contributed by atoms with Gasteiger partial charge in [-0.15, -0.1) is 0 Å². The van der Waals surface area contributed by atoms with Gasteiger partial charge in [-0.2, -0.15) is 0 Å². The van der Waals surface area contributed by atoms with Crippen molar-refractivity contribution < 1.29 is 0 Å². The van der Waals surface area contributed by atoms with E-state index in [2.05, 4.69) is 152 Å². The first-order valence-corrected chi connectivity index (χ1v) is 15.2. The van der Waals surface area contributed by atoms with E-state index in [9.17, 15) is 0 Å². The van der Waals surface area contributed by atoms with Gasteiger partial charge in [0, 0.05) is 22.4 Å². The summed E-state index contributed by atoms with van der Waals surface area (Å²) in [6.07, 6.45) is 28.0. The van der Waals surface area contributed by atoms with E-state index in [1.165, 1.54) is 50.1 Å². The molecule has 0 radical (unpaired) electrons. The lowest BCUT2D eigenvalue weighted by molar-refractivity contribution is 0.605. The van der Waals surface area contributed by atoms with Gasteiger partial charge < -0.3 is 5.32 Å². The number of nitrogens with one attached hydrogen (secondary N) is 1. The highest BCUT2D eigenvalue weighted by atomic mass is 14.9. The van der Waals surface area contributed by atoms with Gasteiger partial charge in [-0.1, -0.05) is 133 Å². The van der Waals surface area contributed by atoms with Gasteiger partial charge in [-0.05, 0) is 90.6 Å². The van der Waals surface area contributed by atoms with Crippen molar-refractivity contribution in [3.63, 3.8) is 0 Å². The molecule has 0 saturated carbocycles. The highest BCUT2D eigenvalue weighted by molar-refractivity contribution is 5.83. The molecule has 3 aromatic rings. The predicted molar refractivity (Wildman–Crippen MR) is 179 cm³/mol. The van der Waals surface area contributed by atoms with Crippen molar-refractivity contribution in [3.05, 3.63) is 184 Å². The molecule has 0 heterocycles. The van der Waals surface area contributed by atoms with Crippen LogP contribution in [0.4, 0.5) is 11.4 Å². The molecule has 4 aliphatic carbocycles. The second-order valence-corrected chi connectivity index (χ2v) is 11.8. The summed E-state index contributed by atoms with van der Waals surface area (Å²) in [4.78, 5) is 0. The number of hydrogen-bond acceptors (Lipinski definition) is 1. The highest BCUT2D eigenvalue weighted by Gasteiger charge is 2.42. The number of benzene rings is 3. The largest absolute Gasteiger partial charge is 0.355 e. The van der Waals surface area contributed by atoms with Crippen molar-refractivity contribution in [1.82, 2.24) is 0 Å². The first-order chi connectivity index (χ1) is 20.7. The number of para-hydroxylation sites is 1. The van der Waals surface area contributed by atoms with E-state index in [-0.39, 0.29) is 5.41 Å². The zero-order valence-corrected chi connectivity index (χ0v) is 24.3. The molecule has 0 aromatic heterocycles. The van der Waals surface area contributed by atoms with Crippen LogP contribution in [0.15, 0.2) is 167 Å². The number of anilines is 2. The van der Waals surface area contributed by atoms with E-state index >= 15 is 0 Å². The number of rotatable bonds is 7. The highest BCUT2D eigenvalue weighted by Crippen LogP contribution is 2.53. The Balaban J connectivity index is 1.31. The standard InChI is InChI=1S/C41H37N/c1-30-25-26-33(29-41(35-18-7-8-19-35,34-16-3-2-4-17-34)39-23-12-22-37(30)39)38-21-9-10-24-40(38)42-36-20-11-15-32(28-36)27-31-13-5-6-14-31/h2-13,15-18,20-21,23-26,28,42H,14,19,22,27,29H2,1H3/b30-25+,33-26+. The van der Waals surface area contributed by atoms with E-state index in [1.54, 1.807) is 0 Å². The smallest absolute Gasteiger partial charge is 0.0460 e. The van der Waals surface area contributed by atoms with Crippen LogP contribution in [0.25, 0.3) is 5.57 Å². The van der Waals surface area contributed by atoms with Crippen LogP contribution in [0, 0.1) is 0 Å². The third kappa shape index (κ3) is 4.90. The second-order valence-electron chi connectivity index (χ2n) is 11.8. The van der Waals surface area contributed by atoms with Gasteiger partial charge in [-0.3, -0.25) is 0 Å². The van der Waals surface area contributed by atoms with E-state index in [0.29, 0.717) is 0 Å². The summed E-state index contributed by atoms with van der Waals surface area (Å²) in [5, 5.41) is 3.82. The lowest BCUT2D eigenvalue weighted by atomic mass is 9.62. The molecule has 1 nitrogen and oxygen atoms in total. The van der Waals surface area contributed by atoms with Gasteiger partial charge in [-0.25, -0.2) is 0 Å². The molecular formula is C41H37N. The van der Waals surface area contributed by atoms with Crippen LogP contribution in [-0.2, 0) is 11.8 Å². The van der Waals surface area contributed by atoms with Crippen LogP contribution >= 0.6 is 0 Å². The van der Waals surface area contributed by atoms with Gasteiger partial charge in [0.1, 0.15) is 0 Å². The average molecular weight is 544 g/mol. The molecule has 42 heavy (non-hydrogen) atoms. The normalized spacial score (nSPS) is 23.5. The Morgan fingerprint density at radius 3 is 2.40 bits per heavy atom. The molecule has 206 valence electrons. The van der Waals surface area contributed by atoms with Crippen molar-refractivity contribution >= 4 is 16.9 Å². The van der Waals surface area contributed by atoms with Crippen LogP contribution in [0.3, 0.4) is 0 Å². The van der Waals surface area contributed by atoms with Gasteiger partial charge in [0.15, 0.2) is 0 Å². The summed E-state index contributed by atoms with van der Waals surface area (Å²) in [6, 6.07) is 28.9. The van der Waals surface area contributed by atoms with Gasteiger partial charge in [0.2, 0.25) is 0 Å². The third-order valence-electron chi connectivity index (χ3n) is 9.20. The monoisotopic (exact) mass is 543 g/mol. The minimum absolute atomic E-state index is 0.232. The topological polar surface area (TPSA) is 12.0 Å². The van der Waals surface area contributed by atoms with E-state index < -0.39 is 0 Å². The van der Waals surface area contributed by atoms with Crippen molar-refractivity contribution in [2.45, 2.75) is 44.4 Å². The van der Waals surface area contributed by atoms with Crippen LogP contribution in [0.5, 0.6) is 0 Å². The number of allylic oxidation sites excluding steroid dienone is 16. The minimum atomic E-state index is -0.232. The Morgan fingerprint density at radius 2 is 1.57 bits per heavy atom. The first kappa shape index (κ1) is 26.3. The maximum atomic E-state index is 3.82. The Labute approximate surface area is 250 Å². The predicted octanol–water partition coefficient (Wildman–Crippen LogP) is 10.7. The van der Waals surface area contributed by atoms with Crippen molar-refractivity contribution in [1.29, 1.82) is 0 Å². The van der Waals surface area contributed by atoms with Crippen LogP contribution in [-0.4, -0.2) is 0 Å². The van der Waals surface area contributed by atoms with Crippen molar-refractivity contribution in [2.24, 2.45) is 0 Å². The molecule has 1 heteroatoms. The Kier molecular flexibility index (Phi) is 7.10. The van der Waals surface area contributed by atoms with Gasteiger partial charge in [0.05, 0.1) is 0 Å². The Hall–Kier alpha value is -4.62. The molecule has 0 saturated heterocycles. The minimum Gasteiger partial charge on any atom is -0.355 e. The zero-order valence-electron chi connectivity index (χ0n) is 24.3.